The van der Waals surface area contributed by atoms with Crippen LogP contribution in [-0.2, 0) is 13.0 Å². The minimum Gasteiger partial charge on any atom is -0.372 e. The van der Waals surface area contributed by atoms with E-state index in [0.717, 1.165) is 19.6 Å². The first-order valence-electron chi connectivity index (χ1n) is 6.46. The van der Waals surface area contributed by atoms with Crippen LogP contribution in [0.5, 0.6) is 0 Å². The van der Waals surface area contributed by atoms with Gasteiger partial charge in [0.1, 0.15) is 0 Å². The summed E-state index contributed by atoms with van der Waals surface area (Å²) >= 11 is 0. The lowest BCUT2D eigenvalue weighted by atomic mass is 10.1. The fourth-order valence-electron chi connectivity index (χ4n) is 1.96. The molecular formula is C16H20N2. The summed E-state index contributed by atoms with van der Waals surface area (Å²) in [6.07, 6.45) is 1.06. The Kier molecular flexibility index (Phi) is 4.79. The van der Waals surface area contributed by atoms with E-state index < -0.39 is 0 Å². The number of para-hydroxylation sites is 1. The van der Waals surface area contributed by atoms with E-state index in [-0.39, 0.29) is 0 Å². The predicted octanol–water partition coefficient (Wildman–Crippen LogP) is 3.41. The molecule has 0 heterocycles. The number of rotatable bonds is 6. The van der Waals surface area contributed by atoms with Gasteiger partial charge in [-0.05, 0) is 23.6 Å². The first-order chi connectivity index (χ1) is 8.90. The molecule has 2 heteroatoms. The summed E-state index contributed by atoms with van der Waals surface area (Å²) in [5.41, 5.74) is 3.89. The quantitative estimate of drug-likeness (QED) is 0.597. The molecule has 0 radical (unpaired) electrons. The van der Waals surface area contributed by atoms with E-state index in [1.807, 2.05) is 6.07 Å². The summed E-state index contributed by atoms with van der Waals surface area (Å²) in [6.45, 7) is 3.85. The van der Waals surface area contributed by atoms with Crippen molar-refractivity contribution in [3.8, 4) is 0 Å². The molecule has 0 aromatic heterocycles. The first-order valence-corrected chi connectivity index (χ1v) is 6.46. The first kappa shape index (κ1) is 12.7. The molecule has 0 fully saturated rings. The number of nitrogens with one attached hydrogen (secondary N) is 2. The van der Waals surface area contributed by atoms with Gasteiger partial charge in [-0.3, -0.25) is 5.32 Å². The summed E-state index contributed by atoms with van der Waals surface area (Å²) in [7, 11) is 0. The predicted molar refractivity (Wildman–Crippen MR) is 77.6 cm³/mol. The van der Waals surface area contributed by atoms with Gasteiger partial charge in [0.25, 0.3) is 0 Å². The second-order valence-corrected chi connectivity index (χ2v) is 4.28. The molecule has 2 rings (SSSR count). The molecule has 18 heavy (non-hydrogen) atoms. The van der Waals surface area contributed by atoms with E-state index in [9.17, 15) is 0 Å². The number of benzene rings is 2. The Bertz CT molecular complexity index is 466. The van der Waals surface area contributed by atoms with Gasteiger partial charge in [-0.2, -0.15) is 0 Å². The molecule has 0 spiro atoms. The Morgan fingerprint density at radius 1 is 0.889 bits per heavy atom. The van der Waals surface area contributed by atoms with Gasteiger partial charge < -0.3 is 5.32 Å². The molecule has 0 amide bonds. The van der Waals surface area contributed by atoms with Gasteiger partial charge in [0.2, 0.25) is 0 Å². The van der Waals surface area contributed by atoms with Gasteiger partial charge >= 0.3 is 0 Å². The summed E-state index contributed by atoms with van der Waals surface area (Å²) in [5, 5.41) is 6.81. The lowest BCUT2D eigenvalue weighted by molar-refractivity contribution is 0.734. The van der Waals surface area contributed by atoms with Crippen molar-refractivity contribution in [2.24, 2.45) is 0 Å². The maximum absolute atomic E-state index is 3.42. The lowest BCUT2D eigenvalue weighted by Gasteiger charge is -2.11. The molecule has 94 valence electrons. The number of anilines is 1. The van der Waals surface area contributed by atoms with Crippen molar-refractivity contribution in [1.82, 2.24) is 5.32 Å². The Labute approximate surface area is 109 Å². The molecule has 2 aromatic carbocycles. The Morgan fingerprint density at radius 3 is 2.39 bits per heavy atom. The third-order valence-corrected chi connectivity index (χ3v) is 2.97. The van der Waals surface area contributed by atoms with E-state index in [4.69, 9.17) is 0 Å². The van der Waals surface area contributed by atoms with Crippen LogP contribution < -0.4 is 10.6 Å². The van der Waals surface area contributed by atoms with Crippen molar-refractivity contribution in [3.63, 3.8) is 0 Å². The zero-order valence-electron chi connectivity index (χ0n) is 10.8. The monoisotopic (exact) mass is 240 g/mol. The second-order valence-electron chi connectivity index (χ2n) is 4.28. The normalized spacial score (nSPS) is 10.3. The lowest BCUT2D eigenvalue weighted by Crippen LogP contribution is -2.21. The summed E-state index contributed by atoms with van der Waals surface area (Å²) in [5.74, 6) is 0. The van der Waals surface area contributed by atoms with Crippen molar-refractivity contribution in [3.05, 3.63) is 65.7 Å². The van der Waals surface area contributed by atoms with E-state index in [2.05, 4.69) is 66.1 Å². The van der Waals surface area contributed by atoms with Gasteiger partial charge in [0.05, 0.1) is 6.67 Å². The minimum absolute atomic E-state index is 0.784. The van der Waals surface area contributed by atoms with Crippen LogP contribution in [0.4, 0.5) is 5.69 Å². The van der Waals surface area contributed by atoms with E-state index >= 15 is 0 Å². The molecule has 0 bridgehead atoms. The van der Waals surface area contributed by atoms with E-state index in [0.29, 0.717) is 0 Å². The molecular weight excluding hydrogens is 220 g/mol. The molecule has 0 aliphatic carbocycles. The summed E-state index contributed by atoms with van der Waals surface area (Å²) in [6, 6.07) is 18.9. The average Bonchev–Trinajstić information content (AvgIpc) is 2.45. The van der Waals surface area contributed by atoms with Gasteiger partial charge in [0, 0.05) is 12.2 Å². The number of aryl methyl sites for hydroxylation is 1. The fraction of sp³-hybridized carbons (Fsp3) is 0.250. The van der Waals surface area contributed by atoms with Crippen molar-refractivity contribution in [2.45, 2.75) is 19.9 Å². The second kappa shape index (κ2) is 6.82. The smallest absolute Gasteiger partial charge is 0.0655 e. The highest BCUT2D eigenvalue weighted by Crippen LogP contribution is 2.14. The van der Waals surface area contributed by atoms with Gasteiger partial charge in [0.15, 0.2) is 0 Å². The highest BCUT2D eigenvalue weighted by Gasteiger charge is 1.97. The standard InChI is InChI=1S/C16H20N2/c1-2-15-10-6-7-11-16(15)18-13-17-12-14-8-4-3-5-9-14/h3-11,17-18H,2,12-13H2,1H3. The van der Waals surface area contributed by atoms with Crippen molar-refractivity contribution in [2.75, 3.05) is 12.0 Å². The van der Waals surface area contributed by atoms with Crippen LogP contribution in [0.15, 0.2) is 54.6 Å². The Morgan fingerprint density at radius 2 is 1.61 bits per heavy atom. The van der Waals surface area contributed by atoms with Crippen molar-refractivity contribution in [1.29, 1.82) is 0 Å². The van der Waals surface area contributed by atoms with Crippen molar-refractivity contribution < 1.29 is 0 Å². The van der Waals surface area contributed by atoms with Crippen LogP contribution in [-0.4, -0.2) is 6.67 Å². The third-order valence-electron chi connectivity index (χ3n) is 2.97. The van der Waals surface area contributed by atoms with Crippen LogP contribution in [0.2, 0.25) is 0 Å². The SMILES string of the molecule is CCc1ccccc1NCNCc1ccccc1. The zero-order chi connectivity index (χ0) is 12.6. The summed E-state index contributed by atoms with van der Waals surface area (Å²) < 4.78 is 0. The maximum atomic E-state index is 3.42. The van der Waals surface area contributed by atoms with Crippen LogP contribution in [0.25, 0.3) is 0 Å². The molecule has 2 aromatic rings. The van der Waals surface area contributed by atoms with E-state index in [1.165, 1.54) is 16.8 Å². The molecule has 0 unspecified atom stereocenters. The molecule has 0 aliphatic rings. The Hall–Kier alpha value is -1.80. The molecule has 0 atom stereocenters. The van der Waals surface area contributed by atoms with Crippen molar-refractivity contribution >= 4 is 5.69 Å². The molecule has 0 saturated heterocycles. The zero-order valence-corrected chi connectivity index (χ0v) is 10.8. The third kappa shape index (κ3) is 3.60. The summed E-state index contributed by atoms with van der Waals surface area (Å²) in [4.78, 5) is 0. The topological polar surface area (TPSA) is 24.1 Å². The van der Waals surface area contributed by atoms with Crippen LogP contribution in [0.3, 0.4) is 0 Å². The van der Waals surface area contributed by atoms with Gasteiger partial charge in [-0.15, -0.1) is 0 Å². The Balaban J connectivity index is 1.78. The molecule has 0 saturated carbocycles. The number of hydrogen-bond acceptors (Lipinski definition) is 2. The highest BCUT2D eigenvalue weighted by molar-refractivity contribution is 5.50. The minimum atomic E-state index is 0.784. The van der Waals surface area contributed by atoms with E-state index in [1.54, 1.807) is 0 Å². The fourth-order valence-corrected chi connectivity index (χ4v) is 1.96. The molecule has 0 aliphatic heterocycles. The highest BCUT2D eigenvalue weighted by atomic mass is 15.1. The van der Waals surface area contributed by atoms with Crippen LogP contribution >= 0.6 is 0 Å². The van der Waals surface area contributed by atoms with Crippen LogP contribution in [0, 0.1) is 0 Å². The number of hydrogen-bond donors (Lipinski definition) is 2. The largest absolute Gasteiger partial charge is 0.372 e. The van der Waals surface area contributed by atoms with Crippen LogP contribution in [0.1, 0.15) is 18.1 Å². The molecule has 2 N–H and O–H groups in total. The molecule has 2 nitrogen and oxygen atoms in total. The van der Waals surface area contributed by atoms with Gasteiger partial charge in [-0.25, -0.2) is 0 Å². The maximum Gasteiger partial charge on any atom is 0.0655 e. The van der Waals surface area contributed by atoms with Gasteiger partial charge in [-0.1, -0.05) is 55.5 Å². The average molecular weight is 240 g/mol.